The van der Waals surface area contributed by atoms with Crippen LogP contribution in [0.1, 0.15) is 40.8 Å². The van der Waals surface area contributed by atoms with Crippen LogP contribution in [0.2, 0.25) is 0 Å². The van der Waals surface area contributed by atoms with Crippen molar-refractivity contribution in [3.8, 4) is 0 Å². The number of piperazine rings is 1. The highest BCUT2D eigenvalue weighted by molar-refractivity contribution is 5.88. The van der Waals surface area contributed by atoms with E-state index >= 15 is 0 Å². The number of amides is 2. The number of carbonyl (C=O) groups excluding carboxylic acids is 2. The lowest BCUT2D eigenvalue weighted by Gasteiger charge is -2.34. The van der Waals surface area contributed by atoms with Gasteiger partial charge in [-0.2, -0.15) is 0 Å². The molecule has 0 unspecified atom stereocenters. The van der Waals surface area contributed by atoms with Crippen molar-refractivity contribution in [2.75, 3.05) is 13.1 Å². The van der Waals surface area contributed by atoms with Crippen molar-refractivity contribution in [1.82, 2.24) is 20.5 Å². The Balaban J connectivity index is 1.35. The minimum absolute atomic E-state index is 0.0716. The maximum atomic E-state index is 12.6. The quantitative estimate of drug-likeness (QED) is 0.787. The van der Waals surface area contributed by atoms with Gasteiger partial charge in [0.15, 0.2) is 0 Å². The predicted molar refractivity (Wildman–Crippen MR) is 111 cm³/mol. The molecule has 1 fully saturated rings. The predicted octanol–water partition coefficient (Wildman–Crippen LogP) is 1.89. The fraction of sp³-hybridized carbons (Fsp3) is 0.435. The Kier molecular flexibility index (Phi) is 5.90. The number of aryl methyl sites for hydroxylation is 3. The summed E-state index contributed by atoms with van der Waals surface area (Å²) in [5.41, 5.74) is 5.86. The van der Waals surface area contributed by atoms with E-state index in [1.54, 1.807) is 0 Å². The lowest BCUT2D eigenvalue weighted by Crippen LogP contribution is -2.56. The molecule has 2 aromatic rings. The van der Waals surface area contributed by atoms with Crippen molar-refractivity contribution in [2.24, 2.45) is 0 Å². The van der Waals surface area contributed by atoms with Crippen molar-refractivity contribution >= 4 is 11.8 Å². The summed E-state index contributed by atoms with van der Waals surface area (Å²) in [4.78, 5) is 31.6. The molecule has 2 amide bonds. The Hall–Kier alpha value is -2.73. The number of nitrogens with one attached hydrogen (secondary N) is 2. The second-order valence-electron chi connectivity index (χ2n) is 8.05. The van der Waals surface area contributed by atoms with Gasteiger partial charge in [0.05, 0.1) is 12.5 Å². The van der Waals surface area contributed by atoms with Gasteiger partial charge in [0.25, 0.3) is 0 Å². The third-order valence-electron chi connectivity index (χ3n) is 5.79. The van der Waals surface area contributed by atoms with Gasteiger partial charge >= 0.3 is 0 Å². The third kappa shape index (κ3) is 4.82. The Bertz CT molecular complexity index is 894. The second-order valence-corrected chi connectivity index (χ2v) is 8.05. The van der Waals surface area contributed by atoms with Crippen LogP contribution >= 0.6 is 0 Å². The van der Waals surface area contributed by atoms with E-state index in [-0.39, 0.29) is 18.2 Å². The summed E-state index contributed by atoms with van der Waals surface area (Å²) >= 11 is 0. The first-order valence-electron chi connectivity index (χ1n) is 10.4. The lowest BCUT2D eigenvalue weighted by atomic mass is 10.1. The van der Waals surface area contributed by atoms with E-state index in [0.29, 0.717) is 19.6 Å². The number of fused-ring (bicyclic) bond motifs is 1. The monoisotopic (exact) mass is 392 g/mol. The van der Waals surface area contributed by atoms with Gasteiger partial charge in [-0.05, 0) is 42.9 Å². The number of hydrogen-bond donors (Lipinski definition) is 2. The maximum Gasteiger partial charge on any atom is 0.237 e. The maximum absolute atomic E-state index is 12.6. The fourth-order valence-corrected chi connectivity index (χ4v) is 4.12. The van der Waals surface area contributed by atoms with Crippen LogP contribution in [-0.4, -0.2) is 40.8 Å². The van der Waals surface area contributed by atoms with Gasteiger partial charge in [0, 0.05) is 38.1 Å². The number of benzene rings is 1. The topological polar surface area (TPSA) is 74.3 Å². The zero-order chi connectivity index (χ0) is 20.2. The van der Waals surface area contributed by atoms with Gasteiger partial charge in [-0.25, -0.2) is 0 Å². The summed E-state index contributed by atoms with van der Waals surface area (Å²) in [5, 5.41) is 5.86. The van der Waals surface area contributed by atoms with Crippen LogP contribution in [0.4, 0.5) is 0 Å². The fourth-order valence-electron chi connectivity index (χ4n) is 4.12. The average molecular weight is 393 g/mol. The van der Waals surface area contributed by atoms with Crippen molar-refractivity contribution in [1.29, 1.82) is 0 Å². The van der Waals surface area contributed by atoms with Crippen LogP contribution in [0.5, 0.6) is 0 Å². The van der Waals surface area contributed by atoms with Crippen LogP contribution in [0.25, 0.3) is 0 Å². The smallest absolute Gasteiger partial charge is 0.237 e. The van der Waals surface area contributed by atoms with E-state index in [0.717, 1.165) is 36.9 Å². The molecule has 6 nitrogen and oxygen atoms in total. The third-order valence-corrected chi connectivity index (χ3v) is 5.79. The Morgan fingerprint density at radius 1 is 1.24 bits per heavy atom. The molecule has 1 aliphatic heterocycles. The van der Waals surface area contributed by atoms with Gasteiger partial charge in [-0.1, -0.05) is 35.9 Å². The minimum Gasteiger partial charge on any atom is -0.353 e. The van der Waals surface area contributed by atoms with Crippen molar-refractivity contribution < 1.29 is 9.59 Å². The zero-order valence-corrected chi connectivity index (χ0v) is 16.9. The molecular weight excluding hydrogens is 364 g/mol. The van der Waals surface area contributed by atoms with Gasteiger partial charge in [-0.15, -0.1) is 0 Å². The molecule has 6 heteroatoms. The first kappa shape index (κ1) is 19.6. The molecule has 2 heterocycles. The molecular formula is C23H28N4O2. The van der Waals surface area contributed by atoms with Crippen LogP contribution in [0, 0.1) is 6.92 Å². The molecule has 1 saturated heterocycles. The van der Waals surface area contributed by atoms with Crippen molar-refractivity contribution in [2.45, 2.75) is 51.7 Å². The summed E-state index contributed by atoms with van der Waals surface area (Å²) in [7, 11) is 0. The molecule has 152 valence electrons. The summed E-state index contributed by atoms with van der Waals surface area (Å²) in [6.45, 7) is 4.53. The molecule has 29 heavy (non-hydrogen) atoms. The molecule has 0 radical (unpaired) electrons. The average Bonchev–Trinajstić information content (AvgIpc) is 3.18. The highest BCUT2D eigenvalue weighted by Gasteiger charge is 2.31. The molecule has 2 N–H and O–H groups in total. The minimum atomic E-state index is -0.441. The van der Waals surface area contributed by atoms with Crippen molar-refractivity contribution in [3.63, 3.8) is 0 Å². The van der Waals surface area contributed by atoms with Gasteiger partial charge in [0.1, 0.15) is 0 Å². The second kappa shape index (κ2) is 8.74. The first-order chi connectivity index (χ1) is 14.1. The highest BCUT2D eigenvalue weighted by atomic mass is 16.2. The first-order valence-corrected chi connectivity index (χ1v) is 10.4. The van der Waals surface area contributed by atoms with Gasteiger partial charge in [0.2, 0.25) is 11.8 Å². The van der Waals surface area contributed by atoms with Gasteiger partial charge < -0.3 is 10.6 Å². The zero-order valence-electron chi connectivity index (χ0n) is 16.9. The van der Waals surface area contributed by atoms with E-state index in [2.05, 4.69) is 57.8 Å². The number of carbonyl (C=O) groups is 2. The Morgan fingerprint density at radius 2 is 2.07 bits per heavy atom. The van der Waals surface area contributed by atoms with Crippen LogP contribution < -0.4 is 10.6 Å². The summed E-state index contributed by atoms with van der Waals surface area (Å²) in [6, 6.07) is 10.0. The number of rotatable bonds is 6. The van der Waals surface area contributed by atoms with E-state index in [1.165, 1.54) is 16.8 Å². The lowest BCUT2D eigenvalue weighted by molar-refractivity contribution is -0.134. The van der Waals surface area contributed by atoms with Crippen molar-refractivity contribution in [3.05, 3.63) is 64.5 Å². The van der Waals surface area contributed by atoms with Crippen LogP contribution in [-0.2, 0) is 35.5 Å². The van der Waals surface area contributed by atoms with E-state index in [4.69, 9.17) is 0 Å². The number of nitrogens with zero attached hydrogens (tertiary/aromatic N) is 2. The number of aromatic nitrogens is 1. The molecule has 1 aromatic carbocycles. The molecule has 1 aromatic heterocycles. The Morgan fingerprint density at radius 3 is 2.90 bits per heavy atom. The summed E-state index contributed by atoms with van der Waals surface area (Å²) in [5.74, 6) is -0.181. The normalized spacial score (nSPS) is 18.9. The van der Waals surface area contributed by atoms with Crippen LogP contribution in [0.15, 0.2) is 36.5 Å². The molecule has 0 spiro atoms. The molecule has 2 aliphatic rings. The SMILES string of the molecule is Cc1ccc(CN2CCNC(=O)[C@H]2CC(=O)NCc2cnc3c(c2)CCC3)cc1. The molecule has 0 bridgehead atoms. The van der Waals surface area contributed by atoms with Gasteiger partial charge in [-0.3, -0.25) is 19.5 Å². The summed E-state index contributed by atoms with van der Waals surface area (Å²) in [6.07, 6.45) is 5.29. The van der Waals surface area contributed by atoms with E-state index < -0.39 is 6.04 Å². The highest BCUT2D eigenvalue weighted by Crippen LogP contribution is 2.20. The van der Waals surface area contributed by atoms with Crippen LogP contribution in [0.3, 0.4) is 0 Å². The number of pyridine rings is 1. The summed E-state index contributed by atoms with van der Waals surface area (Å²) < 4.78 is 0. The van der Waals surface area contributed by atoms with E-state index in [1.807, 2.05) is 6.20 Å². The molecule has 1 atom stereocenters. The standard InChI is InChI=1S/C23H28N4O2/c1-16-5-7-17(8-6-16)15-27-10-9-24-23(29)21(27)12-22(28)26-14-18-11-19-3-2-4-20(19)25-13-18/h5-8,11,13,21H,2-4,9-10,12,14-15H2,1H3,(H,24,29)(H,26,28)/t21-/m1/s1. The molecule has 1 aliphatic carbocycles. The Labute approximate surface area is 171 Å². The molecule has 4 rings (SSSR count). The largest absolute Gasteiger partial charge is 0.353 e. The van der Waals surface area contributed by atoms with E-state index in [9.17, 15) is 9.59 Å². The number of hydrogen-bond acceptors (Lipinski definition) is 4. The molecule has 0 saturated carbocycles.